The molecule has 0 bridgehead atoms. The Labute approximate surface area is 147 Å². The zero-order valence-corrected chi connectivity index (χ0v) is 14.1. The lowest BCUT2D eigenvalue weighted by Gasteiger charge is -2.25. The molecule has 1 heterocycles. The highest BCUT2D eigenvalue weighted by molar-refractivity contribution is 7.71. The fourth-order valence-corrected chi connectivity index (χ4v) is 3.10. The number of nitrogens with zero attached hydrogens (tertiary/aromatic N) is 1. The van der Waals surface area contributed by atoms with E-state index in [9.17, 15) is 14.3 Å². The van der Waals surface area contributed by atoms with E-state index in [-0.39, 0.29) is 21.4 Å². The summed E-state index contributed by atoms with van der Waals surface area (Å²) in [7, 11) is 0. The summed E-state index contributed by atoms with van der Waals surface area (Å²) in [6.45, 7) is 0. The van der Waals surface area contributed by atoms with Crippen LogP contribution in [-0.2, 0) is 4.79 Å². The van der Waals surface area contributed by atoms with Crippen LogP contribution in [0.2, 0.25) is 5.02 Å². The van der Waals surface area contributed by atoms with E-state index in [2.05, 4.69) is 9.97 Å². The third-order valence-electron chi connectivity index (χ3n) is 4.02. The van der Waals surface area contributed by atoms with Crippen molar-refractivity contribution in [2.24, 2.45) is 0 Å². The number of hydrogen-bond donors (Lipinski definition) is 2. The van der Waals surface area contributed by atoms with Gasteiger partial charge in [0.1, 0.15) is 16.3 Å². The summed E-state index contributed by atoms with van der Waals surface area (Å²) in [5.74, 6) is -1.11. The second-order valence-corrected chi connectivity index (χ2v) is 6.50. The van der Waals surface area contributed by atoms with Crippen molar-refractivity contribution in [3.8, 4) is 17.3 Å². The van der Waals surface area contributed by atoms with Crippen molar-refractivity contribution in [3.05, 3.63) is 39.7 Å². The Hall–Kier alpha value is -1.99. The maximum Gasteiger partial charge on any atom is 0.348 e. The van der Waals surface area contributed by atoms with Gasteiger partial charge in [-0.25, -0.2) is 14.2 Å². The van der Waals surface area contributed by atoms with Gasteiger partial charge in [-0.05, 0) is 43.9 Å². The molecular formula is C16H14ClFN2O3S. The summed E-state index contributed by atoms with van der Waals surface area (Å²) < 4.78 is 19.6. The number of carboxylic acids is 1. The van der Waals surface area contributed by atoms with E-state index in [0.717, 1.165) is 12.8 Å². The highest BCUT2D eigenvalue weighted by atomic mass is 35.5. The number of aliphatic carboxylic acids is 1. The van der Waals surface area contributed by atoms with Crippen molar-refractivity contribution < 1.29 is 19.0 Å². The molecule has 0 aliphatic heterocycles. The molecule has 1 aromatic heterocycles. The Bertz CT molecular complexity index is 849. The molecule has 5 nitrogen and oxygen atoms in total. The standard InChI is InChI=1S/C16H14ClFN2O3S/c17-10-4-3-9(7-11(10)18)14-19-12(8-13(24)20-14)23-16(15(21)22)5-1-2-6-16/h3-4,7-8H,1-2,5-6H2,(H,21,22)(H,19,20,24). The first-order valence-electron chi connectivity index (χ1n) is 7.39. The highest BCUT2D eigenvalue weighted by Crippen LogP contribution is 2.34. The van der Waals surface area contributed by atoms with Gasteiger partial charge in [-0.1, -0.05) is 23.8 Å². The maximum absolute atomic E-state index is 13.7. The second-order valence-electron chi connectivity index (χ2n) is 5.67. The largest absolute Gasteiger partial charge is 0.478 e. The summed E-state index contributed by atoms with van der Waals surface area (Å²) in [4.78, 5) is 18.6. The smallest absolute Gasteiger partial charge is 0.348 e. The fraction of sp³-hybridized carbons (Fsp3) is 0.312. The van der Waals surface area contributed by atoms with Gasteiger partial charge in [-0.3, -0.25) is 0 Å². The van der Waals surface area contributed by atoms with Gasteiger partial charge in [0.25, 0.3) is 0 Å². The van der Waals surface area contributed by atoms with Gasteiger partial charge in [-0.15, -0.1) is 0 Å². The van der Waals surface area contributed by atoms with Crippen LogP contribution in [0, 0.1) is 10.5 Å². The molecule has 0 saturated heterocycles. The Morgan fingerprint density at radius 2 is 2.08 bits per heavy atom. The van der Waals surface area contributed by atoms with Crippen molar-refractivity contribution in [2.45, 2.75) is 31.3 Å². The zero-order valence-electron chi connectivity index (χ0n) is 12.5. The predicted molar refractivity (Wildman–Crippen MR) is 89.3 cm³/mol. The Balaban J connectivity index is 1.98. The van der Waals surface area contributed by atoms with Crippen LogP contribution in [-0.4, -0.2) is 26.6 Å². The van der Waals surface area contributed by atoms with Crippen LogP contribution >= 0.6 is 23.8 Å². The van der Waals surface area contributed by atoms with E-state index >= 15 is 0 Å². The summed E-state index contributed by atoms with van der Waals surface area (Å²) in [5, 5.41) is 9.50. The highest BCUT2D eigenvalue weighted by Gasteiger charge is 2.44. The fourth-order valence-electron chi connectivity index (χ4n) is 2.79. The van der Waals surface area contributed by atoms with Gasteiger partial charge in [0.05, 0.1) is 5.02 Å². The van der Waals surface area contributed by atoms with Crippen LogP contribution in [0.4, 0.5) is 4.39 Å². The molecule has 2 aromatic rings. The van der Waals surface area contributed by atoms with Crippen LogP contribution in [0.25, 0.3) is 11.4 Å². The second kappa shape index (κ2) is 6.49. The molecule has 126 valence electrons. The lowest BCUT2D eigenvalue weighted by atomic mass is 10.0. The first-order valence-corrected chi connectivity index (χ1v) is 8.17. The molecule has 1 fully saturated rings. The molecule has 0 atom stereocenters. The average Bonchev–Trinajstić information content (AvgIpc) is 2.99. The van der Waals surface area contributed by atoms with E-state index in [0.29, 0.717) is 18.4 Å². The van der Waals surface area contributed by atoms with E-state index in [1.807, 2.05) is 0 Å². The first kappa shape index (κ1) is 16.9. The molecule has 3 rings (SSSR count). The Morgan fingerprint density at radius 3 is 2.71 bits per heavy atom. The third kappa shape index (κ3) is 3.27. The molecule has 1 aliphatic rings. The zero-order chi connectivity index (χ0) is 17.3. The number of rotatable bonds is 4. The molecule has 0 amide bonds. The molecule has 0 unspecified atom stereocenters. The van der Waals surface area contributed by atoms with Crippen molar-refractivity contribution >= 4 is 29.8 Å². The SMILES string of the molecule is O=C(O)C1(Oc2cc(=S)nc(-c3ccc(Cl)c(F)c3)[nH]2)CCCC1. The molecule has 2 N–H and O–H groups in total. The predicted octanol–water partition coefficient (Wildman–Crippen LogP) is 4.37. The Morgan fingerprint density at radius 1 is 1.38 bits per heavy atom. The summed E-state index contributed by atoms with van der Waals surface area (Å²) in [6, 6.07) is 5.68. The number of halogens is 2. The molecule has 0 spiro atoms. The molecule has 8 heteroatoms. The van der Waals surface area contributed by atoms with Crippen LogP contribution in [0.1, 0.15) is 25.7 Å². The van der Waals surface area contributed by atoms with E-state index in [1.165, 1.54) is 18.2 Å². The maximum atomic E-state index is 13.7. The molecule has 0 radical (unpaired) electrons. The van der Waals surface area contributed by atoms with Gasteiger partial charge in [0.2, 0.25) is 5.60 Å². The minimum absolute atomic E-state index is 0.000497. The number of nitrogens with one attached hydrogen (secondary N) is 1. The van der Waals surface area contributed by atoms with Crippen LogP contribution in [0.5, 0.6) is 5.88 Å². The number of aromatic amines is 1. The molecular weight excluding hydrogens is 355 g/mol. The van der Waals surface area contributed by atoms with Crippen LogP contribution < -0.4 is 4.74 Å². The van der Waals surface area contributed by atoms with Gasteiger partial charge >= 0.3 is 5.97 Å². The van der Waals surface area contributed by atoms with Gasteiger partial charge in [0, 0.05) is 11.6 Å². The topological polar surface area (TPSA) is 75.2 Å². The lowest BCUT2D eigenvalue weighted by molar-refractivity contribution is -0.155. The summed E-state index contributed by atoms with van der Waals surface area (Å²) in [5.41, 5.74) is -0.827. The number of hydrogen-bond acceptors (Lipinski definition) is 4. The van der Waals surface area contributed by atoms with Gasteiger partial charge in [-0.2, -0.15) is 0 Å². The molecule has 1 aromatic carbocycles. The van der Waals surface area contributed by atoms with E-state index in [1.54, 1.807) is 6.07 Å². The van der Waals surface area contributed by atoms with E-state index < -0.39 is 17.4 Å². The van der Waals surface area contributed by atoms with Gasteiger partial charge in [0.15, 0.2) is 5.88 Å². The van der Waals surface area contributed by atoms with E-state index in [4.69, 9.17) is 28.6 Å². The quantitative estimate of drug-likeness (QED) is 0.783. The summed E-state index contributed by atoms with van der Waals surface area (Å²) >= 11 is 10.8. The number of ether oxygens (including phenoxy) is 1. The minimum Gasteiger partial charge on any atom is -0.478 e. The normalized spacial score (nSPS) is 16.1. The summed E-state index contributed by atoms with van der Waals surface area (Å²) in [6.07, 6.45) is 2.42. The number of carboxylic acid groups (broad SMARTS) is 1. The number of benzene rings is 1. The average molecular weight is 369 g/mol. The monoisotopic (exact) mass is 368 g/mol. The first-order chi connectivity index (χ1) is 11.4. The number of aromatic nitrogens is 2. The van der Waals surface area contributed by atoms with Crippen molar-refractivity contribution in [1.82, 2.24) is 9.97 Å². The molecule has 1 saturated carbocycles. The number of carbonyl (C=O) groups is 1. The third-order valence-corrected chi connectivity index (χ3v) is 4.53. The molecule has 1 aliphatic carbocycles. The minimum atomic E-state index is -1.26. The van der Waals surface area contributed by atoms with Crippen LogP contribution in [0.3, 0.4) is 0 Å². The molecule has 24 heavy (non-hydrogen) atoms. The number of H-pyrrole nitrogens is 1. The van der Waals surface area contributed by atoms with Crippen molar-refractivity contribution in [2.75, 3.05) is 0 Å². The lowest BCUT2D eigenvalue weighted by Crippen LogP contribution is -2.42. The Kier molecular flexibility index (Phi) is 4.56. The van der Waals surface area contributed by atoms with Crippen molar-refractivity contribution in [3.63, 3.8) is 0 Å². The van der Waals surface area contributed by atoms with Crippen LogP contribution in [0.15, 0.2) is 24.3 Å². The van der Waals surface area contributed by atoms with Gasteiger partial charge < -0.3 is 14.8 Å². The van der Waals surface area contributed by atoms with Crippen molar-refractivity contribution in [1.29, 1.82) is 0 Å².